The predicted molar refractivity (Wildman–Crippen MR) is 154 cm³/mol. The molecule has 12 heteroatoms. The second kappa shape index (κ2) is 12.2. The van der Waals surface area contributed by atoms with Gasteiger partial charge in [-0.25, -0.2) is 14.5 Å². The highest BCUT2D eigenvalue weighted by Crippen LogP contribution is 2.43. The van der Waals surface area contributed by atoms with Gasteiger partial charge in [-0.3, -0.25) is 4.79 Å². The molecule has 0 unspecified atom stereocenters. The zero-order chi connectivity index (χ0) is 31.5. The molecule has 0 spiro atoms. The molecule has 228 valence electrons. The van der Waals surface area contributed by atoms with Crippen LogP contribution in [0.3, 0.4) is 0 Å². The lowest BCUT2D eigenvalue weighted by molar-refractivity contribution is -0.137. The predicted octanol–water partition coefficient (Wildman–Crippen LogP) is 7.32. The highest BCUT2D eigenvalue weighted by atomic mass is 19.4. The minimum absolute atomic E-state index is 0.0123. The van der Waals surface area contributed by atoms with Gasteiger partial charge in [0, 0.05) is 13.1 Å². The van der Waals surface area contributed by atoms with Gasteiger partial charge in [-0.05, 0) is 75.2 Å². The van der Waals surface area contributed by atoms with Crippen LogP contribution in [0, 0.1) is 0 Å². The van der Waals surface area contributed by atoms with Crippen LogP contribution in [0.25, 0.3) is 0 Å². The van der Waals surface area contributed by atoms with Gasteiger partial charge in [-0.2, -0.15) is 13.2 Å². The van der Waals surface area contributed by atoms with E-state index in [2.05, 4.69) is 0 Å². The molecular formula is C31H32F3N3O6. The number of nitrogens with zero attached hydrogens (tertiary/aromatic N) is 3. The van der Waals surface area contributed by atoms with Crippen LogP contribution in [-0.2, 0) is 17.5 Å². The third-order valence-corrected chi connectivity index (χ3v) is 6.66. The number of carboxylic acid groups (broad SMARTS) is 1. The molecule has 1 aliphatic rings. The molecular weight excluding hydrogens is 567 g/mol. The summed E-state index contributed by atoms with van der Waals surface area (Å²) >= 11 is 0. The molecule has 0 aliphatic carbocycles. The van der Waals surface area contributed by atoms with Crippen molar-refractivity contribution in [2.75, 3.05) is 30.0 Å². The lowest BCUT2D eigenvalue weighted by Gasteiger charge is -2.29. The molecule has 3 amide bonds. The highest BCUT2D eigenvalue weighted by molar-refractivity contribution is 6.14. The number of alkyl halides is 3. The molecule has 0 radical (unpaired) electrons. The average molecular weight is 600 g/mol. The standard InChI is InChI=1S/C31H32F3N3O6/c1-30(2,3)43-29(41)36(28(39)40)17-7-16-35-24-8-5-6-9-25(24)37(19-20-10-13-22(42-4)14-11-20)27(38)23-15-12-21(18-26(23)35)31(32,33)34/h5-6,8-15,18H,7,16-17,19H2,1-4H3,(H,39,40). The fourth-order valence-electron chi connectivity index (χ4n) is 4.70. The number of carbonyl (C=O) groups is 3. The van der Waals surface area contributed by atoms with E-state index in [1.165, 1.54) is 12.0 Å². The summed E-state index contributed by atoms with van der Waals surface area (Å²) in [6, 6.07) is 16.8. The number of benzene rings is 3. The van der Waals surface area contributed by atoms with Gasteiger partial charge in [0.25, 0.3) is 5.91 Å². The molecule has 0 fully saturated rings. The minimum Gasteiger partial charge on any atom is -0.497 e. The van der Waals surface area contributed by atoms with E-state index >= 15 is 0 Å². The van der Waals surface area contributed by atoms with Gasteiger partial charge in [-0.15, -0.1) is 0 Å². The molecule has 0 atom stereocenters. The van der Waals surface area contributed by atoms with Crippen LogP contribution in [0.4, 0.5) is 39.8 Å². The fraction of sp³-hybridized carbons (Fsp3) is 0.323. The Bertz CT molecular complexity index is 1500. The first-order valence-corrected chi connectivity index (χ1v) is 13.5. The number of para-hydroxylation sites is 2. The lowest BCUT2D eigenvalue weighted by atomic mass is 10.1. The summed E-state index contributed by atoms with van der Waals surface area (Å²) in [6.07, 6.45) is -7.22. The van der Waals surface area contributed by atoms with Crippen molar-refractivity contribution in [2.45, 2.75) is 45.5 Å². The molecule has 3 aromatic rings. The highest BCUT2D eigenvalue weighted by Gasteiger charge is 2.36. The van der Waals surface area contributed by atoms with Crippen molar-refractivity contribution in [3.8, 4) is 5.75 Å². The largest absolute Gasteiger partial charge is 0.497 e. The van der Waals surface area contributed by atoms with Crippen molar-refractivity contribution in [3.63, 3.8) is 0 Å². The summed E-state index contributed by atoms with van der Waals surface area (Å²) in [4.78, 5) is 41.9. The Kier molecular flexibility index (Phi) is 8.88. The van der Waals surface area contributed by atoms with Gasteiger partial charge in [0.05, 0.1) is 41.8 Å². The molecule has 3 aromatic carbocycles. The SMILES string of the molecule is COc1ccc(CN2C(=O)c3ccc(C(F)(F)F)cc3N(CCCN(C(=O)O)C(=O)OC(C)(C)C)c3ccccc32)cc1. The number of methoxy groups -OCH3 is 1. The number of amides is 3. The summed E-state index contributed by atoms with van der Waals surface area (Å²) in [5, 5.41) is 9.63. The van der Waals surface area contributed by atoms with Crippen molar-refractivity contribution < 1.29 is 42.1 Å². The van der Waals surface area contributed by atoms with Crippen LogP contribution in [0.1, 0.15) is 48.7 Å². The lowest BCUT2D eigenvalue weighted by Crippen LogP contribution is -2.41. The summed E-state index contributed by atoms with van der Waals surface area (Å²) in [5.74, 6) is 0.125. The van der Waals surface area contributed by atoms with Crippen molar-refractivity contribution in [1.82, 2.24) is 4.90 Å². The van der Waals surface area contributed by atoms with Gasteiger partial charge in [0.15, 0.2) is 0 Å². The zero-order valence-corrected chi connectivity index (χ0v) is 24.1. The first-order chi connectivity index (χ1) is 20.2. The summed E-state index contributed by atoms with van der Waals surface area (Å²) in [6.45, 7) is 4.62. The average Bonchev–Trinajstić information content (AvgIpc) is 3.02. The molecule has 0 saturated carbocycles. The summed E-state index contributed by atoms with van der Waals surface area (Å²) in [5.41, 5.74) is -0.151. The number of rotatable bonds is 7. The zero-order valence-electron chi connectivity index (χ0n) is 24.1. The van der Waals surface area contributed by atoms with Crippen LogP contribution in [0.5, 0.6) is 5.75 Å². The monoisotopic (exact) mass is 599 g/mol. The Morgan fingerprint density at radius 3 is 2.09 bits per heavy atom. The van der Waals surface area contributed by atoms with Gasteiger partial charge in [0.1, 0.15) is 11.4 Å². The van der Waals surface area contributed by atoms with Gasteiger partial charge in [-0.1, -0.05) is 24.3 Å². The smallest absolute Gasteiger partial charge is 0.419 e. The number of carbonyl (C=O) groups excluding carboxylic acids is 2. The minimum atomic E-state index is -4.67. The molecule has 1 heterocycles. The Balaban J connectivity index is 1.75. The maximum atomic E-state index is 14.0. The fourth-order valence-corrected chi connectivity index (χ4v) is 4.70. The molecule has 0 bridgehead atoms. The second-order valence-electron chi connectivity index (χ2n) is 10.9. The first kappa shape index (κ1) is 31.2. The van der Waals surface area contributed by atoms with Gasteiger partial charge < -0.3 is 24.4 Å². The van der Waals surface area contributed by atoms with E-state index in [1.807, 2.05) is 0 Å². The van der Waals surface area contributed by atoms with Crippen LogP contribution < -0.4 is 14.5 Å². The topological polar surface area (TPSA) is 99.6 Å². The van der Waals surface area contributed by atoms with E-state index in [9.17, 15) is 32.7 Å². The van der Waals surface area contributed by atoms with E-state index in [0.717, 1.165) is 23.8 Å². The van der Waals surface area contributed by atoms with Crippen molar-refractivity contribution in [2.24, 2.45) is 0 Å². The first-order valence-electron chi connectivity index (χ1n) is 13.5. The van der Waals surface area contributed by atoms with Crippen molar-refractivity contribution in [1.29, 1.82) is 0 Å². The maximum absolute atomic E-state index is 14.0. The van der Waals surface area contributed by atoms with Gasteiger partial charge in [0.2, 0.25) is 0 Å². The number of ether oxygens (including phenoxy) is 2. The Labute approximate surface area is 247 Å². The third kappa shape index (κ3) is 7.19. The van der Waals surface area contributed by atoms with Crippen LogP contribution in [-0.4, -0.2) is 53.9 Å². The Morgan fingerprint density at radius 1 is 0.907 bits per heavy atom. The van der Waals surface area contributed by atoms with Gasteiger partial charge >= 0.3 is 18.4 Å². The third-order valence-electron chi connectivity index (χ3n) is 6.66. The second-order valence-corrected chi connectivity index (χ2v) is 10.9. The molecule has 4 rings (SSSR count). The molecule has 0 aromatic heterocycles. The molecule has 43 heavy (non-hydrogen) atoms. The van der Waals surface area contributed by atoms with E-state index < -0.39 is 35.4 Å². The van der Waals surface area contributed by atoms with Crippen LogP contribution in [0.2, 0.25) is 0 Å². The van der Waals surface area contributed by atoms with E-state index in [1.54, 1.807) is 74.2 Å². The normalized spacial score (nSPS) is 13.1. The molecule has 0 saturated heterocycles. The van der Waals surface area contributed by atoms with Crippen LogP contribution in [0.15, 0.2) is 66.7 Å². The molecule has 1 N–H and O–H groups in total. The van der Waals surface area contributed by atoms with E-state index in [-0.39, 0.29) is 37.3 Å². The number of imide groups is 1. The van der Waals surface area contributed by atoms with Crippen LogP contribution >= 0.6 is 0 Å². The number of hydrogen-bond acceptors (Lipinski definition) is 6. The molecule has 9 nitrogen and oxygen atoms in total. The molecule has 1 aliphatic heterocycles. The maximum Gasteiger partial charge on any atom is 0.419 e. The number of hydrogen-bond donors (Lipinski definition) is 1. The van der Waals surface area contributed by atoms with E-state index in [4.69, 9.17) is 9.47 Å². The Morgan fingerprint density at radius 2 is 1.53 bits per heavy atom. The summed E-state index contributed by atoms with van der Waals surface area (Å²) in [7, 11) is 1.54. The summed E-state index contributed by atoms with van der Waals surface area (Å²) < 4.78 is 51.9. The Hall–Kier alpha value is -4.74. The quantitative estimate of drug-likeness (QED) is 0.304. The van der Waals surface area contributed by atoms with Crippen molar-refractivity contribution in [3.05, 3.63) is 83.4 Å². The number of halogens is 3. The number of anilines is 3. The number of fused-ring (bicyclic) bond motifs is 2. The van der Waals surface area contributed by atoms with E-state index in [0.29, 0.717) is 22.0 Å². The van der Waals surface area contributed by atoms with Crippen molar-refractivity contribution >= 4 is 35.2 Å².